The minimum Gasteiger partial charge on any atom is -0.330 e. The van der Waals surface area contributed by atoms with Crippen LogP contribution in [0.5, 0.6) is 0 Å². The van der Waals surface area contributed by atoms with Crippen LogP contribution in [0.1, 0.15) is 70.6 Å². The van der Waals surface area contributed by atoms with Crippen molar-refractivity contribution in [1.29, 1.82) is 0 Å². The molecule has 0 atom stereocenters. The largest absolute Gasteiger partial charge is 0.330 e. The first-order chi connectivity index (χ1) is 8.85. The third-order valence-electron chi connectivity index (χ3n) is 3.57. The maximum atomic E-state index is 5.47. The van der Waals surface area contributed by atoms with Gasteiger partial charge in [-0.1, -0.05) is 57.1 Å². The smallest absolute Gasteiger partial charge is 0.00773 e. The van der Waals surface area contributed by atoms with Crippen LogP contribution in [0.2, 0.25) is 0 Å². The van der Waals surface area contributed by atoms with E-state index in [4.69, 9.17) is 5.73 Å². The fraction of sp³-hybridized carbons (Fsp3) is 0.765. The molecule has 0 unspecified atom stereocenters. The fourth-order valence-corrected chi connectivity index (χ4v) is 2.44. The lowest BCUT2D eigenvalue weighted by molar-refractivity contribution is 0.457. The Kier molecular flexibility index (Phi) is 14.0. The zero-order chi connectivity index (χ0) is 13.5. The van der Waals surface area contributed by atoms with Crippen molar-refractivity contribution in [2.75, 3.05) is 6.54 Å². The molecule has 0 radical (unpaired) electrons. The second-order valence-corrected chi connectivity index (χ2v) is 5.32. The summed E-state index contributed by atoms with van der Waals surface area (Å²) < 4.78 is 0. The Bertz CT molecular complexity index is 176. The number of hydrogen-bond acceptors (Lipinski definition) is 1. The summed E-state index contributed by atoms with van der Waals surface area (Å²) in [6.45, 7) is 8.52. The van der Waals surface area contributed by atoms with E-state index in [0.29, 0.717) is 0 Å². The summed E-state index contributed by atoms with van der Waals surface area (Å²) in [5, 5.41) is 0. The standard InChI is InChI=1S/C17H33N/c1-3-13-17(14-4-2)15-11-9-7-5-6-8-10-12-16-18/h3-4,17H,1-2,5-16,18H2. The van der Waals surface area contributed by atoms with Crippen LogP contribution >= 0.6 is 0 Å². The molecular weight excluding hydrogens is 218 g/mol. The third-order valence-corrected chi connectivity index (χ3v) is 3.57. The first kappa shape index (κ1) is 17.4. The number of allylic oxidation sites excluding steroid dienone is 2. The predicted molar refractivity (Wildman–Crippen MR) is 83.7 cm³/mol. The second-order valence-electron chi connectivity index (χ2n) is 5.32. The van der Waals surface area contributed by atoms with Gasteiger partial charge in [-0.05, 0) is 38.1 Å². The maximum absolute atomic E-state index is 5.47. The van der Waals surface area contributed by atoms with E-state index in [2.05, 4.69) is 13.2 Å². The van der Waals surface area contributed by atoms with Crippen molar-refractivity contribution in [3.63, 3.8) is 0 Å². The Morgan fingerprint density at radius 1 is 0.722 bits per heavy atom. The van der Waals surface area contributed by atoms with E-state index in [9.17, 15) is 0 Å². The maximum Gasteiger partial charge on any atom is -0.00773 e. The van der Waals surface area contributed by atoms with E-state index in [-0.39, 0.29) is 0 Å². The van der Waals surface area contributed by atoms with Gasteiger partial charge in [0.05, 0.1) is 0 Å². The lowest BCUT2D eigenvalue weighted by Crippen LogP contribution is -1.98. The first-order valence-corrected chi connectivity index (χ1v) is 7.77. The lowest BCUT2D eigenvalue weighted by atomic mass is 9.94. The van der Waals surface area contributed by atoms with Crippen molar-refractivity contribution in [1.82, 2.24) is 0 Å². The van der Waals surface area contributed by atoms with Gasteiger partial charge in [0.1, 0.15) is 0 Å². The summed E-state index contributed by atoms with van der Waals surface area (Å²) in [6.07, 6.45) is 18.6. The Labute approximate surface area is 115 Å². The van der Waals surface area contributed by atoms with Crippen molar-refractivity contribution in [2.24, 2.45) is 11.7 Å². The van der Waals surface area contributed by atoms with E-state index in [1.165, 1.54) is 57.8 Å². The lowest BCUT2D eigenvalue weighted by Gasteiger charge is -2.12. The van der Waals surface area contributed by atoms with Gasteiger partial charge in [-0.15, -0.1) is 13.2 Å². The quantitative estimate of drug-likeness (QED) is 0.332. The number of rotatable bonds is 14. The number of unbranched alkanes of at least 4 members (excludes halogenated alkanes) is 7. The van der Waals surface area contributed by atoms with Gasteiger partial charge in [0.15, 0.2) is 0 Å². The van der Waals surface area contributed by atoms with Gasteiger partial charge in [0.2, 0.25) is 0 Å². The van der Waals surface area contributed by atoms with Gasteiger partial charge in [-0.25, -0.2) is 0 Å². The van der Waals surface area contributed by atoms with Gasteiger partial charge in [0, 0.05) is 0 Å². The van der Waals surface area contributed by atoms with Crippen LogP contribution in [0.15, 0.2) is 25.3 Å². The van der Waals surface area contributed by atoms with Crippen LogP contribution < -0.4 is 5.73 Å². The van der Waals surface area contributed by atoms with Gasteiger partial charge < -0.3 is 5.73 Å². The highest BCUT2D eigenvalue weighted by Gasteiger charge is 2.04. The van der Waals surface area contributed by atoms with Crippen LogP contribution in [-0.2, 0) is 0 Å². The van der Waals surface area contributed by atoms with Gasteiger partial charge in [-0.2, -0.15) is 0 Å². The molecule has 0 saturated heterocycles. The second kappa shape index (κ2) is 14.5. The number of hydrogen-bond donors (Lipinski definition) is 1. The van der Waals surface area contributed by atoms with Crippen LogP contribution in [0.3, 0.4) is 0 Å². The molecule has 0 fully saturated rings. The van der Waals surface area contributed by atoms with Crippen LogP contribution in [-0.4, -0.2) is 6.54 Å². The highest BCUT2D eigenvalue weighted by molar-refractivity contribution is 4.79. The summed E-state index contributed by atoms with van der Waals surface area (Å²) in [4.78, 5) is 0. The fourth-order valence-electron chi connectivity index (χ4n) is 2.44. The normalized spacial score (nSPS) is 10.8. The topological polar surface area (TPSA) is 26.0 Å². The monoisotopic (exact) mass is 251 g/mol. The minimum absolute atomic E-state index is 0.782. The zero-order valence-electron chi connectivity index (χ0n) is 12.2. The highest BCUT2D eigenvalue weighted by Crippen LogP contribution is 2.19. The Morgan fingerprint density at radius 2 is 1.17 bits per heavy atom. The average molecular weight is 251 g/mol. The zero-order valence-corrected chi connectivity index (χ0v) is 12.2. The average Bonchev–Trinajstić information content (AvgIpc) is 2.37. The molecule has 0 rings (SSSR count). The minimum atomic E-state index is 0.782. The van der Waals surface area contributed by atoms with E-state index < -0.39 is 0 Å². The van der Waals surface area contributed by atoms with Crippen molar-refractivity contribution in [3.8, 4) is 0 Å². The van der Waals surface area contributed by atoms with Crippen molar-refractivity contribution in [3.05, 3.63) is 25.3 Å². The summed E-state index contributed by atoms with van der Waals surface area (Å²) >= 11 is 0. The first-order valence-electron chi connectivity index (χ1n) is 7.77. The molecule has 0 aromatic carbocycles. The molecule has 18 heavy (non-hydrogen) atoms. The molecule has 0 aliphatic rings. The van der Waals surface area contributed by atoms with E-state index in [0.717, 1.165) is 25.3 Å². The summed E-state index contributed by atoms with van der Waals surface area (Å²) in [5.41, 5.74) is 5.47. The molecule has 0 heterocycles. The molecule has 0 aromatic rings. The predicted octanol–water partition coefficient (Wildman–Crippen LogP) is 5.22. The molecule has 0 amide bonds. The molecular formula is C17H33N. The molecule has 0 bridgehead atoms. The van der Waals surface area contributed by atoms with Crippen molar-refractivity contribution < 1.29 is 0 Å². The van der Waals surface area contributed by atoms with Crippen molar-refractivity contribution >= 4 is 0 Å². The molecule has 1 nitrogen and oxygen atoms in total. The molecule has 106 valence electrons. The van der Waals surface area contributed by atoms with Crippen LogP contribution in [0.4, 0.5) is 0 Å². The Hall–Kier alpha value is -0.560. The molecule has 0 aromatic heterocycles. The third kappa shape index (κ3) is 11.9. The highest BCUT2D eigenvalue weighted by atomic mass is 14.5. The van der Waals surface area contributed by atoms with E-state index in [1.807, 2.05) is 12.2 Å². The molecule has 0 aliphatic heterocycles. The molecule has 0 aliphatic carbocycles. The summed E-state index contributed by atoms with van der Waals surface area (Å²) in [6, 6.07) is 0. The van der Waals surface area contributed by atoms with Gasteiger partial charge in [0.25, 0.3) is 0 Å². The molecule has 0 saturated carbocycles. The van der Waals surface area contributed by atoms with E-state index >= 15 is 0 Å². The van der Waals surface area contributed by atoms with Crippen LogP contribution in [0, 0.1) is 5.92 Å². The van der Waals surface area contributed by atoms with E-state index in [1.54, 1.807) is 0 Å². The molecule has 2 N–H and O–H groups in total. The van der Waals surface area contributed by atoms with Gasteiger partial charge in [-0.3, -0.25) is 0 Å². The summed E-state index contributed by atoms with van der Waals surface area (Å²) in [5.74, 6) is 0.782. The summed E-state index contributed by atoms with van der Waals surface area (Å²) in [7, 11) is 0. The SMILES string of the molecule is C=CCC(CC=C)CCCCCCCCCCN. The van der Waals surface area contributed by atoms with Crippen LogP contribution in [0.25, 0.3) is 0 Å². The number of nitrogens with two attached hydrogens (primary N) is 1. The van der Waals surface area contributed by atoms with Gasteiger partial charge >= 0.3 is 0 Å². The Balaban J connectivity index is 3.26. The van der Waals surface area contributed by atoms with Crippen molar-refractivity contribution in [2.45, 2.75) is 70.6 Å². The molecule has 1 heteroatoms. The Morgan fingerprint density at radius 3 is 1.61 bits per heavy atom. The molecule has 0 spiro atoms.